The molecule has 0 radical (unpaired) electrons. The molecule has 1 aliphatic heterocycles. The fourth-order valence-corrected chi connectivity index (χ4v) is 2.66. The van der Waals surface area contributed by atoms with Gasteiger partial charge in [0.25, 0.3) is 0 Å². The van der Waals surface area contributed by atoms with Gasteiger partial charge in [-0.1, -0.05) is 13.3 Å². The molecule has 0 aromatic carbocycles. The highest BCUT2D eigenvalue weighted by atomic mass is 16.5. The maximum absolute atomic E-state index is 12.1. The maximum Gasteiger partial charge on any atom is 0.224 e. The molecule has 0 aromatic heterocycles. The van der Waals surface area contributed by atoms with Crippen molar-refractivity contribution < 1.29 is 9.53 Å². The first kappa shape index (κ1) is 18.4. The van der Waals surface area contributed by atoms with Gasteiger partial charge in [-0.3, -0.25) is 4.79 Å². The molecule has 124 valence electrons. The predicted molar refractivity (Wildman–Crippen MR) is 86.3 cm³/mol. The van der Waals surface area contributed by atoms with Gasteiger partial charge in [0.05, 0.1) is 13.0 Å². The van der Waals surface area contributed by atoms with Crippen LogP contribution in [-0.2, 0) is 9.53 Å². The maximum atomic E-state index is 12.1. The van der Waals surface area contributed by atoms with Crippen LogP contribution in [0.2, 0.25) is 0 Å². The van der Waals surface area contributed by atoms with E-state index >= 15 is 0 Å². The molecule has 5 heteroatoms. The molecule has 1 rings (SSSR count). The molecule has 5 nitrogen and oxygen atoms in total. The van der Waals surface area contributed by atoms with Crippen molar-refractivity contribution in [3.63, 3.8) is 0 Å². The smallest absolute Gasteiger partial charge is 0.224 e. The summed E-state index contributed by atoms with van der Waals surface area (Å²) in [6.07, 6.45) is 6.17. The molecule has 1 heterocycles. The lowest BCUT2D eigenvalue weighted by molar-refractivity contribution is -0.132. The lowest BCUT2D eigenvalue weighted by Gasteiger charge is -2.22. The standard InChI is InChI=1S/C16H33N3O2/c1-2-14-21-15-7-16(20)19-11-6-10-18(12-13-19)9-5-3-4-8-17/h2-15,17H2,1H3. The third kappa shape index (κ3) is 8.39. The Kier molecular flexibility index (Phi) is 10.5. The van der Waals surface area contributed by atoms with Crippen LogP contribution in [0.15, 0.2) is 0 Å². The van der Waals surface area contributed by atoms with Crippen LogP contribution in [0, 0.1) is 0 Å². The van der Waals surface area contributed by atoms with Crippen molar-refractivity contribution in [2.24, 2.45) is 5.73 Å². The molecule has 0 spiro atoms. The van der Waals surface area contributed by atoms with E-state index in [1.165, 1.54) is 12.8 Å². The van der Waals surface area contributed by atoms with Gasteiger partial charge < -0.3 is 20.3 Å². The minimum atomic E-state index is 0.246. The monoisotopic (exact) mass is 299 g/mol. The van der Waals surface area contributed by atoms with E-state index in [2.05, 4.69) is 11.8 Å². The van der Waals surface area contributed by atoms with Crippen LogP contribution in [0.5, 0.6) is 0 Å². The quantitative estimate of drug-likeness (QED) is 0.621. The highest BCUT2D eigenvalue weighted by molar-refractivity contribution is 5.76. The lowest BCUT2D eigenvalue weighted by atomic mass is 10.2. The molecule has 1 fully saturated rings. The van der Waals surface area contributed by atoms with Crippen molar-refractivity contribution in [2.45, 2.75) is 45.4 Å². The molecule has 2 N–H and O–H groups in total. The van der Waals surface area contributed by atoms with Crippen molar-refractivity contribution in [3.8, 4) is 0 Å². The van der Waals surface area contributed by atoms with Gasteiger partial charge in [0.15, 0.2) is 0 Å². The minimum absolute atomic E-state index is 0.246. The molecule has 0 bridgehead atoms. The zero-order chi connectivity index (χ0) is 15.3. The summed E-state index contributed by atoms with van der Waals surface area (Å²) in [6.45, 7) is 9.21. The molecular weight excluding hydrogens is 266 g/mol. The fourth-order valence-electron chi connectivity index (χ4n) is 2.66. The first-order valence-corrected chi connectivity index (χ1v) is 8.56. The van der Waals surface area contributed by atoms with E-state index in [-0.39, 0.29) is 5.91 Å². The molecule has 0 unspecified atom stereocenters. The molecule has 21 heavy (non-hydrogen) atoms. The van der Waals surface area contributed by atoms with E-state index in [1.807, 2.05) is 4.90 Å². The average Bonchev–Trinajstić information content (AvgIpc) is 2.74. The van der Waals surface area contributed by atoms with Crippen molar-refractivity contribution in [1.29, 1.82) is 0 Å². The van der Waals surface area contributed by atoms with E-state index < -0.39 is 0 Å². The summed E-state index contributed by atoms with van der Waals surface area (Å²) >= 11 is 0. The number of hydrogen-bond donors (Lipinski definition) is 1. The number of hydrogen-bond acceptors (Lipinski definition) is 4. The van der Waals surface area contributed by atoms with Crippen LogP contribution in [0.25, 0.3) is 0 Å². The van der Waals surface area contributed by atoms with E-state index in [1.54, 1.807) is 0 Å². The Labute approximate surface area is 129 Å². The zero-order valence-corrected chi connectivity index (χ0v) is 13.7. The van der Waals surface area contributed by atoms with Crippen molar-refractivity contribution in [1.82, 2.24) is 9.80 Å². The third-order valence-corrected chi connectivity index (χ3v) is 3.93. The number of nitrogens with two attached hydrogens (primary N) is 1. The summed E-state index contributed by atoms with van der Waals surface area (Å²) in [6, 6.07) is 0. The number of carbonyl (C=O) groups is 1. The number of ether oxygens (including phenoxy) is 1. The predicted octanol–water partition coefficient (Wildman–Crippen LogP) is 1.47. The highest BCUT2D eigenvalue weighted by Gasteiger charge is 2.18. The Balaban J connectivity index is 2.17. The van der Waals surface area contributed by atoms with E-state index in [0.29, 0.717) is 13.0 Å². The van der Waals surface area contributed by atoms with Crippen molar-refractivity contribution in [3.05, 3.63) is 0 Å². The number of amides is 1. The van der Waals surface area contributed by atoms with E-state index in [0.717, 1.165) is 65.1 Å². The van der Waals surface area contributed by atoms with Crippen LogP contribution in [0.1, 0.15) is 45.4 Å². The van der Waals surface area contributed by atoms with Gasteiger partial charge >= 0.3 is 0 Å². The second kappa shape index (κ2) is 12.0. The highest BCUT2D eigenvalue weighted by Crippen LogP contribution is 2.07. The SMILES string of the molecule is CCCOCCC(=O)N1CCCN(CCCCCN)CC1. The molecule has 0 atom stereocenters. The molecular formula is C16H33N3O2. The minimum Gasteiger partial charge on any atom is -0.381 e. The molecule has 0 aliphatic carbocycles. The summed E-state index contributed by atoms with van der Waals surface area (Å²) in [7, 11) is 0. The van der Waals surface area contributed by atoms with Gasteiger partial charge in [-0.05, 0) is 45.3 Å². The Morgan fingerprint density at radius 1 is 1.10 bits per heavy atom. The zero-order valence-electron chi connectivity index (χ0n) is 13.7. The van der Waals surface area contributed by atoms with Crippen LogP contribution < -0.4 is 5.73 Å². The number of rotatable bonds is 10. The normalized spacial score (nSPS) is 17.0. The Morgan fingerprint density at radius 2 is 1.95 bits per heavy atom. The summed E-state index contributed by atoms with van der Waals surface area (Å²) in [4.78, 5) is 16.6. The van der Waals surface area contributed by atoms with Gasteiger partial charge in [0, 0.05) is 26.2 Å². The van der Waals surface area contributed by atoms with E-state index in [4.69, 9.17) is 10.5 Å². The Hall–Kier alpha value is -0.650. The second-order valence-electron chi connectivity index (χ2n) is 5.79. The topological polar surface area (TPSA) is 58.8 Å². The van der Waals surface area contributed by atoms with Crippen molar-refractivity contribution in [2.75, 3.05) is 52.5 Å². The Morgan fingerprint density at radius 3 is 2.71 bits per heavy atom. The largest absolute Gasteiger partial charge is 0.381 e. The summed E-state index contributed by atoms with van der Waals surface area (Å²) in [5.74, 6) is 0.246. The summed E-state index contributed by atoms with van der Waals surface area (Å²) in [5.41, 5.74) is 5.52. The first-order valence-electron chi connectivity index (χ1n) is 8.56. The third-order valence-electron chi connectivity index (χ3n) is 3.93. The fraction of sp³-hybridized carbons (Fsp3) is 0.938. The van der Waals surface area contributed by atoms with Crippen molar-refractivity contribution >= 4 is 5.91 Å². The summed E-state index contributed by atoms with van der Waals surface area (Å²) < 4.78 is 5.40. The molecule has 1 amide bonds. The molecule has 0 saturated carbocycles. The molecule has 1 saturated heterocycles. The lowest BCUT2D eigenvalue weighted by Crippen LogP contribution is -2.35. The van der Waals surface area contributed by atoms with E-state index in [9.17, 15) is 4.79 Å². The molecule has 1 aliphatic rings. The van der Waals surface area contributed by atoms with Crippen LogP contribution in [0.3, 0.4) is 0 Å². The first-order chi connectivity index (χ1) is 10.3. The van der Waals surface area contributed by atoms with Crippen LogP contribution in [0.4, 0.5) is 0 Å². The number of carbonyl (C=O) groups excluding carboxylic acids is 1. The summed E-state index contributed by atoms with van der Waals surface area (Å²) in [5, 5.41) is 0. The second-order valence-corrected chi connectivity index (χ2v) is 5.79. The Bertz CT molecular complexity index is 274. The van der Waals surface area contributed by atoms with Gasteiger partial charge in [-0.2, -0.15) is 0 Å². The van der Waals surface area contributed by atoms with Gasteiger partial charge in [0.1, 0.15) is 0 Å². The van der Waals surface area contributed by atoms with Gasteiger partial charge in [-0.15, -0.1) is 0 Å². The number of unbranched alkanes of at least 4 members (excludes halogenated alkanes) is 2. The molecule has 0 aromatic rings. The van der Waals surface area contributed by atoms with Crippen LogP contribution in [-0.4, -0.2) is 68.2 Å². The number of nitrogens with zero attached hydrogens (tertiary/aromatic N) is 2. The van der Waals surface area contributed by atoms with Gasteiger partial charge in [-0.25, -0.2) is 0 Å². The van der Waals surface area contributed by atoms with Gasteiger partial charge in [0.2, 0.25) is 5.91 Å². The van der Waals surface area contributed by atoms with Crippen LogP contribution >= 0.6 is 0 Å². The average molecular weight is 299 g/mol.